The van der Waals surface area contributed by atoms with Gasteiger partial charge in [-0.05, 0) is 31.2 Å². The maximum atomic E-state index is 11.0. The lowest BCUT2D eigenvalue weighted by Crippen LogP contribution is -2.34. The van der Waals surface area contributed by atoms with Gasteiger partial charge >= 0.3 is 5.97 Å². The molecule has 0 amide bonds. The number of rotatable bonds is 2. The van der Waals surface area contributed by atoms with E-state index >= 15 is 0 Å². The molecule has 1 saturated carbocycles. The van der Waals surface area contributed by atoms with Gasteiger partial charge in [0.05, 0.1) is 7.11 Å². The number of carbonyl (C=O) groups is 1. The molecule has 3 unspecified atom stereocenters. The highest BCUT2D eigenvalue weighted by atomic mass is 35.5. The third kappa shape index (κ3) is 2.15. The fourth-order valence-corrected chi connectivity index (χ4v) is 2.50. The lowest BCUT2D eigenvalue weighted by atomic mass is 9.96. The summed E-state index contributed by atoms with van der Waals surface area (Å²) in [6, 6.07) is 0.592. The average Bonchev–Trinajstić information content (AvgIpc) is 2.64. The zero-order valence-electron chi connectivity index (χ0n) is 7.79. The van der Waals surface area contributed by atoms with Crippen LogP contribution in [0.1, 0.15) is 19.3 Å². The van der Waals surface area contributed by atoms with E-state index < -0.39 is 0 Å². The van der Waals surface area contributed by atoms with Crippen LogP contribution in [-0.2, 0) is 9.53 Å². The summed E-state index contributed by atoms with van der Waals surface area (Å²) in [6.45, 7) is 1.16. The van der Waals surface area contributed by atoms with Crippen LogP contribution in [0.2, 0.25) is 0 Å². The molecular formula is C9H16ClNO2. The summed E-state index contributed by atoms with van der Waals surface area (Å²) >= 11 is 0. The highest BCUT2D eigenvalue weighted by Gasteiger charge is 2.40. The molecule has 0 spiro atoms. The van der Waals surface area contributed by atoms with Gasteiger partial charge < -0.3 is 10.1 Å². The first-order chi connectivity index (χ1) is 5.79. The quantitative estimate of drug-likeness (QED) is 0.683. The molecule has 1 saturated heterocycles. The van der Waals surface area contributed by atoms with Gasteiger partial charge in [-0.3, -0.25) is 4.79 Å². The standard InChI is InChI=1S/C9H15NO2.ClH/c1-12-9(11)4-7-2-6-3-8(7)10-5-6;/h6-8,10H,2-5H2,1H3;1H. The van der Waals surface area contributed by atoms with E-state index in [1.807, 2.05) is 0 Å². The highest BCUT2D eigenvalue weighted by Crippen LogP contribution is 2.37. The number of methoxy groups -OCH3 is 1. The first-order valence-corrected chi connectivity index (χ1v) is 4.60. The van der Waals surface area contributed by atoms with Crippen molar-refractivity contribution in [2.24, 2.45) is 11.8 Å². The van der Waals surface area contributed by atoms with Gasteiger partial charge in [0.2, 0.25) is 0 Å². The maximum absolute atomic E-state index is 11.0. The smallest absolute Gasteiger partial charge is 0.305 e. The van der Waals surface area contributed by atoms with E-state index in [9.17, 15) is 4.79 Å². The van der Waals surface area contributed by atoms with Crippen LogP contribution in [0.25, 0.3) is 0 Å². The van der Waals surface area contributed by atoms with Crippen LogP contribution in [0, 0.1) is 11.8 Å². The first-order valence-electron chi connectivity index (χ1n) is 4.60. The van der Waals surface area contributed by atoms with Crippen molar-refractivity contribution in [2.75, 3.05) is 13.7 Å². The van der Waals surface area contributed by atoms with E-state index in [1.54, 1.807) is 0 Å². The van der Waals surface area contributed by atoms with Crippen molar-refractivity contribution < 1.29 is 9.53 Å². The Kier molecular flexibility index (Phi) is 3.56. The Morgan fingerprint density at radius 1 is 1.54 bits per heavy atom. The third-order valence-electron chi connectivity index (χ3n) is 3.12. The Balaban J connectivity index is 0.000000845. The topological polar surface area (TPSA) is 38.3 Å². The molecule has 4 heteroatoms. The van der Waals surface area contributed by atoms with Crippen LogP contribution in [0.4, 0.5) is 0 Å². The van der Waals surface area contributed by atoms with Crippen molar-refractivity contribution in [3.05, 3.63) is 0 Å². The predicted octanol–water partition coefficient (Wildman–Crippen LogP) is 0.969. The van der Waals surface area contributed by atoms with Crippen LogP contribution < -0.4 is 5.32 Å². The molecular weight excluding hydrogens is 190 g/mol. The summed E-state index contributed by atoms with van der Waals surface area (Å²) in [4.78, 5) is 11.0. The van der Waals surface area contributed by atoms with Crippen LogP contribution in [0.5, 0.6) is 0 Å². The SMILES string of the molecule is COC(=O)CC1CC2CNC1C2.Cl. The Bertz CT molecular complexity index is 198. The van der Waals surface area contributed by atoms with E-state index in [2.05, 4.69) is 10.1 Å². The molecule has 13 heavy (non-hydrogen) atoms. The zero-order chi connectivity index (χ0) is 8.55. The van der Waals surface area contributed by atoms with E-state index in [4.69, 9.17) is 0 Å². The fraction of sp³-hybridized carbons (Fsp3) is 0.889. The first kappa shape index (κ1) is 10.8. The van der Waals surface area contributed by atoms with Crippen LogP contribution in [-0.4, -0.2) is 25.7 Å². The lowest BCUT2D eigenvalue weighted by Gasteiger charge is -2.21. The number of nitrogens with one attached hydrogen (secondary N) is 1. The van der Waals surface area contributed by atoms with Crippen LogP contribution in [0.15, 0.2) is 0 Å². The Morgan fingerprint density at radius 2 is 2.31 bits per heavy atom. The minimum absolute atomic E-state index is 0. The molecule has 2 rings (SSSR count). The number of hydrogen-bond donors (Lipinski definition) is 1. The molecule has 3 atom stereocenters. The third-order valence-corrected chi connectivity index (χ3v) is 3.12. The molecule has 0 aromatic carbocycles. The van der Waals surface area contributed by atoms with Crippen molar-refractivity contribution in [3.8, 4) is 0 Å². The van der Waals surface area contributed by atoms with Crippen molar-refractivity contribution in [1.29, 1.82) is 0 Å². The van der Waals surface area contributed by atoms with E-state index in [-0.39, 0.29) is 18.4 Å². The summed E-state index contributed by atoms with van der Waals surface area (Å²) in [6.07, 6.45) is 3.08. The van der Waals surface area contributed by atoms with Crippen molar-refractivity contribution in [2.45, 2.75) is 25.3 Å². The Morgan fingerprint density at radius 3 is 2.77 bits per heavy atom. The number of fused-ring (bicyclic) bond motifs is 2. The molecule has 1 N–H and O–H groups in total. The number of halogens is 1. The summed E-state index contributed by atoms with van der Waals surface area (Å²) < 4.78 is 4.65. The zero-order valence-corrected chi connectivity index (χ0v) is 8.60. The normalized spacial score (nSPS) is 35.6. The second kappa shape index (κ2) is 4.29. The maximum Gasteiger partial charge on any atom is 0.305 e. The van der Waals surface area contributed by atoms with Gasteiger partial charge in [0, 0.05) is 12.5 Å². The van der Waals surface area contributed by atoms with Crippen LogP contribution >= 0.6 is 12.4 Å². The summed E-state index contributed by atoms with van der Waals surface area (Å²) in [5.41, 5.74) is 0. The molecule has 0 radical (unpaired) electrons. The Labute approximate surface area is 84.6 Å². The summed E-state index contributed by atoms with van der Waals surface area (Å²) in [7, 11) is 1.46. The molecule has 1 heterocycles. The number of piperidine rings is 1. The Hall–Kier alpha value is -0.280. The largest absolute Gasteiger partial charge is 0.469 e. The summed E-state index contributed by atoms with van der Waals surface area (Å²) in [5, 5.41) is 3.43. The second-order valence-electron chi connectivity index (χ2n) is 3.89. The fourth-order valence-electron chi connectivity index (χ4n) is 2.50. The summed E-state index contributed by atoms with van der Waals surface area (Å²) in [5.74, 6) is 1.30. The van der Waals surface area contributed by atoms with Gasteiger partial charge in [-0.25, -0.2) is 0 Å². The molecule has 3 nitrogen and oxygen atoms in total. The van der Waals surface area contributed by atoms with Crippen molar-refractivity contribution >= 4 is 18.4 Å². The van der Waals surface area contributed by atoms with Crippen molar-refractivity contribution in [1.82, 2.24) is 5.32 Å². The molecule has 76 valence electrons. The van der Waals surface area contributed by atoms with Gasteiger partial charge in [0.1, 0.15) is 0 Å². The van der Waals surface area contributed by atoms with E-state index in [0.717, 1.165) is 12.5 Å². The number of carbonyl (C=O) groups excluding carboxylic acids is 1. The average molecular weight is 206 g/mol. The predicted molar refractivity (Wildman–Crippen MR) is 51.9 cm³/mol. The number of ether oxygens (including phenoxy) is 1. The van der Waals surface area contributed by atoms with E-state index in [0.29, 0.717) is 18.4 Å². The minimum atomic E-state index is -0.0608. The number of hydrogen-bond acceptors (Lipinski definition) is 3. The highest BCUT2D eigenvalue weighted by molar-refractivity contribution is 5.85. The van der Waals surface area contributed by atoms with Gasteiger partial charge in [-0.2, -0.15) is 0 Å². The monoisotopic (exact) mass is 205 g/mol. The molecule has 0 aromatic heterocycles. The van der Waals surface area contributed by atoms with Gasteiger partial charge in [-0.1, -0.05) is 0 Å². The van der Waals surface area contributed by atoms with Gasteiger partial charge in [0.15, 0.2) is 0 Å². The van der Waals surface area contributed by atoms with Crippen molar-refractivity contribution in [3.63, 3.8) is 0 Å². The van der Waals surface area contributed by atoms with Crippen LogP contribution in [0.3, 0.4) is 0 Å². The van der Waals surface area contributed by atoms with Gasteiger partial charge in [-0.15, -0.1) is 12.4 Å². The lowest BCUT2D eigenvalue weighted by molar-refractivity contribution is -0.141. The molecule has 2 fully saturated rings. The molecule has 1 aliphatic heterocycles. The molecule has 0 aromatic rings. The molecule has 2 bridgehead atoms. The minimum Gasteiger partial charge on any atom is -0.469 e. The van der Waals surface area contributed by atoms with Gasteiger partial charge in [0.25, 0.3) is 0 Å². The van der Waals surface area contributed by atoms with E-state index in [1.165, 1.54) is 20.0 Å². The number of esters is 1. The second-order valence-corrected chi connectivity index (χ2v) is 3.89. The molecule has 2 aliphatic rings. The molecule has 1 aliphatic carbocycles.